The summed E-state index contributed by atoms with van der Waals surface area (Å²) in [4.78, 5) is 25.8. The van der Waals surface area contributed by atoms with Crippen LogP contribution in [0.2, 0.25) is 0 Å². The molecule has 12 heteroatoms. The summed E-state index contributed by atoms with van der Waals surface area (Å²) in [5.74, 6) is -1.90. The lowest BCUT2D eigenvalue weighted by Gasteiger charge is -2.24. The van der Waals surface area contributed by atoms with Crippen molar-refractivity contribution in [3.63, 3.8) is 0 Å². The van der Waals surface area contributed by atoms with Crippen molar-refractivity contribution in [1.29, 1.82) is 0 Å². The standard InChI is InChI=1S/C23H32N2O8S2/c1-34-13-18(26)24-8-9-32-10-11-33-23(29)14-4-6-17(7-5-14)35(30,31)25-21(27)19-15-2-3-16(12-15)20(19)22(25)28/h2-6,15-20,23-24,26,29H,7-13H2,1H3. The minimum absolute atomic E-state index is 0.0205. The zero-order chi connectivity index (χ0) is 25.2. The first-order chi connectivity index (χ1) is 16.8. The molecule has 1 saturated carbocycles. The summed E-state index contributed by atoms with van der Waals surface area (Å²) in [5, 5.41) is 21.6. The van der Waals surface area contributed by atoms with Gasteiger partial charge >= 0.3 is 0 Å². The SMILES string of the molecule is CSCC(O)NCCOCCOC(O)C1=CCC(S(=O)(=O)N2C(=O)C3C4C=CC(C4)C3C2=O)C=C1. The quantitative estimate of drug-likeness (QED) is 0.129. The molecule has 7 unspecified atom stereocenters. The molecule has 10 nitrogen and oxygen atoms in total. The van der Waals surface area contributed by atoms with Gasteiger partial charge in [0.2, 0.25) is 11.8 Å². The molecule has 4 aliphatic rings. The van der Waals surface area contributed by atoms with Gasteiger partial charge in [0, 0.05) is 17.9 Å². The van der Waals surface area contributed by atoms with Gasteiger partial charge in [-0.3, -0.25) is 14.9 Å². The third-order valence-electron chi connectivity index (χ3n) is 6.90. The van der Waals surface area contributed by atoms with Crippen LogP contribution in [0.4, 0.5) is 0 Å². The maximum absolute atomic E-state index is 13.2. The highest BCUT2D eigenvalue weighted by molar-refractivity contribution is 7.98. The lowest BCUT2D eigenvalue weighted by atomic mass is 9.85. The molecule has 2 fully saturated rings. The number of aliphatic hydroxyl groups excluding tert-OH is 2. The molecule has 0 spiro atoms. The largest absolute Gasteiger partial charge is 0.378 e. The molecule has 2 amide bonds. The van der Waals surface area contributed by atoms with E-state index in [2.05, 4.69) is 5.32 Å². The number of fused-ring (bicyclic) bond motifs is 5. The number of imide groups is 1. The van der Waals surface area contributed by atoms with E-state index >= 15 is 0 Å². The minimum Gasteiger partial charge on any atom is -0.378 e. The monoisotopic (exact) mass is 528 g/mol. The number of thioether (sulfide) groups is 1. The molecule has 3 N–H and O–H groups in total. The molecule has 1 heterocycles. The van der Waals surface area contributed by atoms with E-state index in [4.69, 9.17) is 9.47 Å². The first kappa shape index (κ1) is 26.5. The zero-order valence-electron chi connectivity index (χ0n) is 19.5. The number of ether oxygens (including phenoxy) is 2. The molecular weight excluding hydrogens is 496 g/mol. The minimum atomic E-state index is -4.20. The number of hydrogen-bond acceptors (Lipinski definition) is 10. The Bertz CT molecular complexity index is 981. The van der Waals surface area contributed by atoms with Gasteiger partial charge in [-0.25, -0.2) is 8.42 Å². The summed E-state index contributed by atoms with van der Waals surface area (Å²) in [6.45, 7) is 1.22. The van der Waals surface area contributed by atoms with E-state index in [9.17, 15) is 28.2 Å². The third-order valence-corrected chi connectivity index (χ3v) is 9.53. The number of allylic oxidation sites excluding steroid dienone is 3. The van der Waals surface area contributed by atoms with Crippen molar-refractivity contribution in [3.05, 3.63) is 36.0 Å². The second-order valence-corrected chi connectivity index (χ2v) is 12.0. The first-order valence-electron chi connectivity index (χ1n) is 11.7. The third kappa shape index (κ3) is 5.43. The van der Waals surface area contributed by atoms with E-state index in [0.717, 1.165) is 6.42 Å². The molecule has 0 radical (unpaired) electrons. The first-order valence-corrected chi connectivity index (χ1v) is 14.6. The van der Waals surface area contributed by atoms with Crippen LogP contribution in [0.1, 0.15) is 12.8 Å². The lowest BCUT2D eigenvalue weighted by molar-refractivity contribution is -0.134. The molecule has 7 atom stereocenters. The molecule has 4 rings (SSSR count). The fourth-order valence-corrected chi connectivity index (χ4v) is 7.28. The van der Waals surface area contributed by atoms with Gasteiger partial charge in [-0.05, 0) is 30.9 Å². The zero-order valence-corrected chi connectivity index (χ0v) is 21.1. The summed E-state index contributed by atoms with van der Waals surface area (Å²) < 4.78 is 37.6. The smallest absolute Gasteiger partial charge is 0.250 e. The van der Waals surface area contributed by atoms with Gasteiger partial charge in [0.15, 0.2) is 6.29 Å². The van der Waals surface area contributed by atoms with Crippen LogP contribution < -0.4 is 5.32 Å². The molecular formula is C23H32N2O8S2. The van der Waals surface area contributed by atoms with E-state index < -0.39 is 51.4 Å². The number of nitrogens with zero attached hydrogens (tertiary/aromatic N) is 1. The van der Waals surface area contributed by atoms with Gasteiger partial charge in [-0.1, -0.05) is 30.4 Å². The van der Waals surface area contributed by atoms with Crippen molar-refractivity contribution in [1.82, 2.24) is 9.62 Å². The highest BCUT2D eigenvalue weighted by Gasteiger charge is 2.62. The Balaban J connectivity index is 1.22. The number of carbonyl (C=O) groups excluding carboxylic acids is 2. The highest BCUT2D eigenvalue weighted by atomic mass is 32.2. The normalized spacial score (nSPS) is 31.2. The van der Waals surface area contributed by atoms with Crippen molar-refractivity contribution in [3.8, 4) is 0 Å². The van der Waals surface area contributed by atoms with E-state index in [1.165, 1.54) is 23.9 Å². The van der Waals surface area contributed by atoms with Gasteiger partial charge in [-0.15, -0.1) is 0 Å². The Kier molecular flexibility index (Phi) is 8.52. The number of aliphatic hydroxyl groups is 2. The van der Waals surface area contributed by atoms with Crippen LogP contribution in [-0.2, 0) is 29.1 Å². The van der Waals surface area contributed by atoms with E-state index in [0.29, 0.717) is 28.8 Å². The Morgan fingerprint density at radius 1 is 1.11 bits per heavy atom. The van der Waals surface area contributed by atoms with Crippen LogP contribution in [-0.4, -0.2) is 90.9 Å². The predicted molar refractivity (Wildman–Crippen MR) is 129 cm³/mol. The van der Waals surface area contributed by atoms with Gasteiger partial charge < -0.3 is 19.7 Å². The Hall–Kier alpha value is -1.54. The van der Waals surface area contributed by atoms with E-state index in [-0.39, 0.29) is 31.5 Å². The molecule has 0 aromatic heterocycles. The summed E-state index contributed by atoms with van der Waals surface area (Å²) in [5.41, 5.74) is 0.400. The topological polar surface area (TPSA) is 142 Å². The Morgan fingerprint density at radius 3 is 2.40 bits per heavy atom. The second kappa shape index (κ2) is 11.2. The van der Waals surface area contributed by atoms with Crippen molar-refractivity contribution < 1.29 is 37.7 Å². The van der Waals surface area contributed by atoms with Gasteiger partial charge in [-0.2, -0.15) is 16.1 Å². The molecule has 0 aromatic rings. The van der Waals surface area contributed by atoms with Crippen LogP contribution >= 0.6 is 11.8 Å². The van der Waals surface area contributed by atoms with E-state index in [1.807, 2.05) is 18.4 Å². The summed E-state index contributed by atoms with van der Waals surface area (Å²) in [6.07, 6.45) is 9.04. The summed E-state index contributed by atoms with van der Waals surface area (Å²) in [6, 6.07) is 0. The summed E-state index contributed by atoms with van der Waals surface area (Å²) in [7, 11) is -4.20. The van der Waals surface area contributed by atoms with Crippen LogP contribution in [0.25, 0.3) is 0 Å². The van der Waals surface area contributed by atoms with Crippen molar-refractivity contribution in [2.45, 2.75) is 30.6 Å². The highest BCUT2D eigenvalue weighted by Crippen LogP contribution is 2.53. The summed E-state index contributed by atoms with van der Waals surface area (Å²) >= 11 is 1.53. The van der Waals surface area contributed by atoms with Crippen LogP contribution in [0.5, 0.6) is 0 Å². The van der Waals surface area contributed by atoms with Crippen LogP contribution in [0, 0.1) is 23.7 Å². The van der Waals surface area contributed by atoms with Crippen molar-refractivity contribution in [2.75, 3.05) is 38.4 Å². The molecule has 35 heavy (non-hydrogen) atoms. The Morgan fingerprint density at radius 2 is 1.80 bits per heavy atom. The van der Waals surface area contributed by atoms with E-state index in [1.54, 1.807) is 6.08 Å². The average Bonchev–Trinajstić information content (AvgIpc) is 3.52. The molecule has 1 aliphatic heterocycles. The fourth-order valence-electron chi connectivity index (χ4n) is 5.21. The second-order valence-electron chi connectivity index (χ2n) is 9.08. The number of carbonyl (C=O) groups is 2. The number of sulfonamides is 1. The van der Waals surface area contributed by atoms with Crippen LogP contribution in [0.15, 0.2) is 36.0 Å². The Labute approximate surface area is 209 Å². The van der Waals surface area contributed by atoms with Crippen molar-refractivity contribution in [2.24, 2.45) is 23.7 Å². The maximum atomic E-state index is 13.2. The lowest BCUT2D eigenvalue weighted by Crippen LogP contribution is -2.43. The van der Waals surface area contributed by atoms with Gasteiger partial charge in [0.25, 0.3) is 10.0 Å². The van der Waals surface area contributed by atoms with Crippen LogP contribution in [0.3, 0.4) is 0 Å². The predicted octanol–water partition coefficient (Wildman–Crippen LogP) is 0.000800. The fraction of sp³-hybridized carbons (Fsp3) is 0.652. The van der Waals surface area contributed by atoms with Gasteiger partial charge in [0.05, 0.1) is 31.7 Å². The maximum Gasteiger partial charge on any atom is 0.250 e. The molecule has 1 saturated heterocycles. The molecule has 0 aromatic carbocycles. The number of rotatable bonds is 13. The number of hydrogen-bond donors (Lipinski definition) is 3. The van der Waals surface area contributed by atoms with Crippen molar-refractivity contribution >= 4 is 33.6 Å². The molecule has 2 bridgehead atoms. The number of amides is 2. The average molecular weight is 529 g/mol. The number of nitrogens with one attached hydrogen (secondary N) is 1. The van der Waals surface area contributed by atoms with Gasteiger partial charge in [0.1, 0.15) is 11.5 Å². The molecule has 3 aliphatic carbocycles. The molecule has 194 valence electrons.